The molecule has 1 aliphatic rings. The Bertz CT molecular complexity index is 2330. The van der Waals surface area contributed by atoms with Crippen LogP contribution in [0, 0.1) is 11.8 Å². The molecule has 236 valence electrons. The molecule has 2 heterocycles. The molecule has 0 saturated carbocycles. The Hall–Kier alpha value is -5.47. The quantitative estimate of drug-likeness (QED) is 0.164. The van der Waals surface area contributed by atoms with Crippen LogP contribution in [0.5, 0.6) is 0 Å². The van der Waals surface area contributed by atoms with E-state index in [1.54, 1.807) is 0 Å². The van der Waals surface area contributed by atoms with Crippen molar-refractivity contribution in [3.05, 3.63) is 111 Å². The number of aliphatic hydroxyl groups is 2. The number of anilines is 1. The number of rotatable bonds is 6. The highest BCUT2D eigenvalue weighted by Crippen LogP contribution is 2.40. The van der Waals surface area contributed by atoms with Gasteiger partial charge in [0.05, 0.1) is 19.3 Å². The van der Waals surface area contributed by atoms with Crippen molar-refractivity contribution in [3.63, 3.8) is 0 Å². The first kappa shape index (κ1) is 30.2. The van der Waals surface area contributed by atoms with Gasteiger partial charge < -0.3 is 25.2 Å². The van der Waals surface area contributed by atoms with Crippen LogP contribution in [0.25, 0.3) is 43.4 Å². The maximum Gasteiger partial charge on any atom is 0.330 e. The summed E-state index contributed by atoms with van der Waals surface area (Å²) in [6, 6.07) is 24.7. The zero-order valence-corrected chi connectivity index (χ0v) is 25.8. The Morgan fingerprint density at radius 2 is 1.66 bits per heavy atom. The molecule has 6 aromatic rings. The maximum absolute atomic E-state index is 13.5. The van der Waals surface area contributed by atoms with Crippen molar-refractivity contribution in [2.45, 2.75) is 24.9 Å². The summed E-state index contributed by atoms with van der Waals surface area (Å²) < 4.78 is 6.68. The summed E-state index contributed by atoms with van der Waals surface area (Å²) in [7, 11) is 4.03. The third kappa shape index (κ3) is 5.40. The van der Waals surface area contributed by atoms with Crippen molar-refractivity contribution >= 4 is 43.9 Å². The number of H-pyrrole nitrogens is 1. The highest BCUT2D eigenvalue weighted by Gasteiger charge is 2.35. The van der Waals surface area contributed by atoms with Crippen molar-refractivity contribution in [2.75, 3.05) is 32.1 Å². The van der Waals surface area contributed by atoms with E-state index in [1.807, 2.05) is 32.3 Å². The Morgan fingerprint density at radius 3 is 2.36 bits per heavy atom. The summed E-state index contributed by atoms with van der Waals surface area (Å²) in [5, 5.41) is 28.4. The molecule has 1 aliphatic heterocycles. The second-order valence-electron chi connectivity index (χ2n) is 11.9. The van der Waals surface area contributed by atoms with E-state index in [2.05, 4.69) is 81.6 Å². The summed E-state index contributed by atoms with van der Waals surface area (Å²) in [6.07, 6.45) is -1.30. The number of hydrogen-bond donors (Lipinski definition) is 4. The average molecular weight is 629 g/mol. The van der Waals surface area contributed by atoms with E-state index in [9.17, 15) is 24.6 Å². The van der Waals surface area contributed by atoms with Gasteiger partial charge in [-0.2, -0.15) is 0 Å². The zero-order valence-electron chi connectivity index (χ0n) is 25.8. The van der Waals surface area contributed by atoms with Gasteiger partial charge in [-0.25, -0.2) is 4.79 Å². The van der Waals surface area contributed by atoms with Gasteiger partial charge in [-0.3, -0.25) is 19.1 Å². The van der Waals surface area contributed by atoms with Crippen LogP contribution in [0.15, 0.2) is 88.6 Å². The first-order valence-electron chi connectivity index (χ1n) is 15.3. The SMILES string of the molecule is CN(C)c1ccc(-c2ccc3ccc4ccc(C(=O)NCC#Cc5cn([C@H]6C[C@H](O)[C@@H](CO)O6)c(=O)[nH]c5=O)c5ccc2c3c45)cc1. The van der Waals surface area contributed by atoms with Crippen LogP contribution < -0.4 is 21.5 Å². The van der Waals surface area contributed by atoms with Crippen LogP contribution in [-0.4, -0.2) is 65.1 Å². The minimum atomic E-state index is -0.948. The summed E-state index contributed by atoms with van der Waals surface area (Å²) in [6.45, 7) is -0.446. The molecule has 1 saturated heterocycles. The molecule has 4 N–H and O–H groups in total. The van der Waals surface area contributed by atoms with Crippen LogP contribution >= 0.6 is 0 Å². The third-order valence-corrected chi connectivity index (χ3v) is 8.83. The topological polar surface area (TPSA) is 137 Å². The van der Waals surface area contributed by atoms with Gasteiger partial charge in [-0.05, 0) is 61.6 Å². The van der Waals surface area contributed by atoms with Crippen molar-refractivity contribution in [1.82, 2.24) is 14.9 Å². The predicted molar refractivity (Wildman–Crippen MR) is 182 cm³/mol. The van der Waals surface area contributed by atoms with Crippen molar-refractivity contribution < 1.29 is 19.7 Å². The number of hydrogen-bond acceptors (Lipinski definition) is 7. The minimum absolute atomic E-state index is 0.000670. The summed E-state index contributed by atoms with van der Waals surface area (Å²) >= 11 is 0. The molecule has 0 bridgehead atoms. The largest absolute Gasteiger partial charge is 0.394 e. The fourth-order valence-electron chi connectivity index (χ4n) is 6.39. The minimum Gasteiger partial charge on any atom is -0.394 e. The molecular formula is C37H32N4O6. The molecule has 0 radical (unpaired) electrons. The van der Waals surface area contributed by atoms with Crippen molar-refractivity contribution in [2.24, 2.45) is 0 Å². The first-order chi connectivity index (χ1) is 22.7. The second-order valence-corrected chi connectivity index (χ2v) is 11.9. The van der Waals surface area contributed by atoms with Gasteiger partial charge in [0.2, 0.25) is 0 Å². The lowest BCUT2D eigenvalue weighted by Crippen LogP contribution is -2.33. The molecule has 7 rings (SSSR count). The molecule has 47 heavy (non-hydrogen) atoms. The smallest absolute Gasteiger partial charge is 0.330 e. The van der Waals surface area contributed by atoms with Crippen molar-refractivity contribution in [3.8, 4) is 23.0 Å². The lowest BCUT2D eigenvalue weighted by atomic mass is 9.88. The molecule has 0 unspecified atom stereocenters. The molecule has 10 nitrogen and oxygen atoms in total. The number of nitrogens with zero attached hydrogens (tertiary/aromatic N) is 2. The highest BCUT2D eigenvalue weighted by atomic mass is 16.5. The summed E-state index contributed by atoms with van der Waals surface area (Å²) in [4.78, 5) is 42.5. The first-order valence-corrected chi connectivity index (χ1v) is 15.3. The summed E-state index contributed by atoms with van der Waals surface area (Å²) in [5.41, 5.74) is 2.47. The fraction of sp³-hybridized carbons (Fsp3) is 0.216. The number of benzene rings is 5. The highest BCUT2D eigenvalue weighted by molar-refractivity contribution is 6.28. The molecular weight excluding hydrogens is 596 g/mol. The number of nitrogens with one attached hydrogen (secondary N) is 2. The normalized spacial score (nSPS) is 17.7. The van der Waals surface area contributed by atoms with Gasteiger partial charge in [-0.1, -0.05) is 66.4 Å². The third-order valence-electron chi connectivity index (χ3n) is 8.83. The molecule has 5 aromatic carbocycles. The Morgan fingerprint density at radius 1 is 0.979 bits per heavy atom. The van der Waals surface area contributed by atoms with Gasteiger partial charge in [-0.15, -0.1) is 0 Å². The number of carbonyl (C=O) groups excluding carboxylic acids is 1. The average Bonchev–Trinajstić information content (AvgIpc) is 3.46. The van der Waals surface area contributed by atoms with Crippen LogP contribution in [-0.2, 0) is 4.74 Å². The Kier molecular flexibility index (Phi) is 7.74. The summed E-state index contributed by atoms with van der Waals surface area (Å²) in [5.74, 6) is 5.21. The predicted octanol–water partition coefficient (Wildman–Crippen LogP) is 3.59. The number of amides is 1. The van der Waals surface area contributed by atoms with E-state index >= 15 is 0 Å². The lowest BCUT2D eigenvalue weighted by Gasteiger charge is -2.17. The van der Waals surface area contributed by atoms with E-state index in [1.165, 1.54) is 6.20 Å². The van der Waals surface area contributed by atoms with Gasteiger partial charge in [0, 0.05) is 38.0 Å². The maximum atomic E-state index is 13.5. The van der Waals surface area contributed by atoms with E-state index in [0.717, 1.165) is 53.7 Å². The number of aliphatic hydroxyl groups excluding tert-OH is 2. The zero-order chi connectivity index (χ0) is 32.8. The fourth-order valence-corrected chi connectivity index (χ4v) is 6.39. The molecule has 1 amide bonds. The number of ether oxygens (including phenoxy) is 1. The Balaban J connectivity index is 1.16. The standard InChI is InChI=1S/C37H32N4O6/c1-40(2)25-11-7-21(8-12-25)26-13-9-22-5-6-23-10-14-29(28-16-15-27(26)33(22)34(23)28)36(45)38-17-3-4-24-19-41(37(46)39-35(24)44)32-18-30(43)31(20-42)47-32/h5-16,19,30-32,42-43H,17-18,20H2,1-2H3,(H,38,45)(H,39,44,46)/t30-,31+,32+/m0/s1. The van der Waals surface area contributed by atoms with Gasteiger partial charge in [0.25, 0.3) is 11.5 Å². The Labute approximate surface area is 269 Å². The number of aromatic nitrogens is 2. The molecule has 10 heteroatoms. The van der Waals surface area contributed by atoms with Gasteiger partial charge >= 0.3 is 5.69 Å². The molecule has 1 aromatic heterocycles. The van der Waals surface area contributed by atoms with Crippen LogP contribution in [0.4, 0.5) is 5.69 Å². The monoisotopic (exact) mass is 628 g/mol. The van der Waals surface area contributed by atoms with Crippen LogP contribution in [0.3, 0.4) is 0 Å². The van der Waals surface area contributed by atoms with Crippen molar-refractivity contribution in [1.29, 1.82) is 0 Å². The van der Waals surface area contributed by atoms with E-state index in [4.69, 9.17) is 4.74 Å². The van der Waals surface area contributed by atoms with Crippen LogP contribution in [0.2, 0.25) is 0 Å². The molecule has 1 fully saturated rings. The van der Waals surface area contributed by atoms with E-state index in [-0.39, 0.29) is 24.4 Å². The van der Waals surface area contributed by atoms with E-state index < -0.39 is 36.3 Å². The van der Waals surface area contributed by atoms with Gasteiger partial charge in [0.1, 0.15) is 17.9 Å². The lowest BCUT2D eigenvalue weighted by molar-refractivity contribution is -0.0459. The number of carbonyl (C=O) groups is 1. The van der Waals surface area contributed by atoms with Gasteiger partial charge in [0.15, 0.2) is 0 Å². The second kappa shape index (κ2) is 12.0. The molecule has 0 aliphatic carbocycles. The molecule has 0 spiro atoms. The number of aromatic amines is 1. The van der Waals surface area contributed by atoms with E-state index in [0.29, 0.717) is 5.56 Å². The molecule has 3 atom stereocenters. The van der Waals surface area contributed by atoms with Crippen LogP contribution in [0.1, 0.15) is 28.6 Å².